The van der Waals surface area contributed by atoms with E-state index in [0.29, 0.717) is 19.3 Å². The lowest BCUT2D eigenvalue weighted by Crippen LogP contribution is -2.41. The fourth-order valence-electron chi connectivity index (χ4n) is 2.34. The first-order valence-corrected chi connectivity index (χ1v) is 8.08. The van der Waals surface area contributed by atoms with Crippen LogP contribution in [-0.4, -0.2) is 25.0 Å². The molecule has 0 saturated carbocycles. The van der Waals surface area contributed by atoms with Gasteiger partial charge in [0.1, 0.15) is 6.04 Å². The summed E-state index contributed by atoms with van der Waals surface area (Å²) in [7, 11) is 1.36. The third-order valence-electron chi connectivity index (χ3n) is 3.65. The summed E-state index contributed by atoms with van der Waals surface area (Å²) in [6.45, 7) is 2.14. The second kappa shape index (κ2) is 10.8. The molecule has 1 aromatic carbocycles. The molecule has 1 atom stereocenters. The van der Waals surface area contributed by atoms with E-state index < -0.39 is 6.04 Å². The summed E-state index contributed by atoms with van der Waals surface area (Å²) in [6, 6.07) is 9.33. The minimum Gasteiger partial charge on any atom is -0.467 e. The molecule has 0 radical (unpaired) electrons. The third kappa shape index (κ3) is 7.25. The zero-order valence-electron chi connectivity index (χ0n) is 13.6. The third-order valence-corrected chi connectivity index (χ3v) is 3.65. The molecule has 0 unspecified atom stereocenters. The van der Waals surface area contributed by atoms with E-state index in [9.17, 15) is 9.59 Å². The van der Waals surface area contributed by atoms with Gasteiger partial charge < -0.3 is 10.1 Å². The molecular formula is C18H27NO3. The van der Waals surface area contributed by atoms with Gasteiger partial charge in [0, 0.05) is 6.42 Å². The topological polar surface area (TPSA) is 55.4 Å². The second-order valence-electron chi connectivity index (χ2n) is 5.48. The van der Waals surface area contributed by atoms with Crippen molar-refractivity contribution >= 4 is 11.9 Å². The zero-order chi connectivity index (χ0) is 16.2. The maximum absolute atomic E-state index is 12.0. The quantitative estimate of drug-likeness (QED) is 0.533. The van der Waals surface area contributed by atoms with Gasteiger partial charge in [0.25, 0.3) is 0 Å². The Balaban J connectivity index is 2.39. The summed E-state index contributed by atoms with van der Waals surface area (Å²) < 4.78 is 4.78. The number of amides is 1. The lowest BCUT2D eigenvalue weighted by atomic mass is 10.1. The number of hydrogen-bond acceptors (Lipinski definition) is 3. The van der Waals surface area contributed by atoms with Gasteiger partial charge in [0.2, 0.25) is 5.91 Å². The largest absolute Gasteiger partial charge is 0.467 e. The number of rotatable bonds is 10. The standard InChI is InChI=1S/C18H27NO3/c1-3-4-5-9-12-16(18(21)22-2)19-17(20)14-13-15-10-7-6-8-11-15/h6-8,10-11,16H,3-5,9,12-14H2,1-2H3,(H,19,20)/t16-/m0/s1. The summed E-state index contributed by atoms with van der Waals surface area (Å²) in [4.78, 5) is 23.8. The van der Waals surface area contributed by atoms with Crippen LogP contribution in [-0.2, 0) is 20.7 Å². The van der Waals surface area contributed by atoms with Crippen LogP contribution in [0.1, 0.15) is 51.0 Å². The van der Waals surface area contributed by atoms with Crippen molar-refractivity contribution in [3.8, 4) is 0 Å². The minimum absolute atomic E-state index is 0.102. The van der Waals surface area contributed by atoms with Crippen LogP contribution in [0.3, 0.4) is 0 Å². The van der Waals surface area contributed by atoms with E-state index in [1.807, 2.05) is 30.3 Å². The first-order chi connectivity index (χ1) is 10.7. The molecule has 0 aliphatic carbocycles. The van der Waals surface area contributed by atoms with Gasteiger partial charge in [-0.05, 0) is 18.4 Å². The van der Waals surface area contributed by atoms with Crippen LogP contribution in [0.25, 0.3) is 0 Å². The van der Waals surface area contributed by atoms with Crippen molar-refractivity contribution in [3.63, 3.8) is 0 Å². The Hall–Kier alpha value is -1.84. The Labute approximate surface area is 133 Å². The molecule has 1 amide bonds. The zero-order valence-corrected chi connectivity index (χ0v) is 13.6. The van der Waals surface area contributed by atoms with E-state index >= 15 is 0 Å². The molecule has 0 aliphatic heterocycles. The Kier molecular flexibility index (Phi) is 8.96. The van der Waals surface area contributed by atoms with Gasteiger partial charge in [-0.1, -0.05) is 62.9 Å². The molecule has 1 N–H and O–H groups in total. The molecule has 0 spiro atoms. The molecule has 4 heteroatoms. The van der Waals surface area contributed by atoms with Crippen molar-refractivity contribution in [2.24, 2.45) is 0 Å². The average Bonchev–Trinajstić information content (AvgIpc) is 2.56. The fourth-order valence-corrected chi connectivity index (χ4v) is 2.34. The van der Waals surface area contributed by atoms with Crippen LogP contribution in [0.2, 0.25) is 0 Å². The highest BCUT2D eigenvalue weighted by molar-refractivity contribution is 5.84. The van der Waals surface area contributed by atoms with Gasteiger partial charge >= 0.3 is 5.97 Å². The van der Waals surface area contributed by atoms with Gasteiger partial charge in [-0.15, -0.1) is 0 Å². The SMILES string of the molecule is CCCCCC[C@H](NC(=O)CCc1ccccc1)C(=O)OC. The fraction of sp³-hybridized carbons (Fsp3) is 0.556. The van der Waals surface area contributed by atoms with E-state index in [1.54, 1.807) is 0 Å². The molecule has 0 bridgehead atoms. The number of aryl methyl sites for hydroxylation is 1. The molecule has 0 fully saturated rings. The molecule has 4 nitrogen and oxygen atoms in total. The minimum atomic E-state index is -0.523. The number of methoxy groups -OCH3 is 1. The Morgan fingerprint density at radius 3 is 2.50 bits per heavy atom. The van der Waals surface area contributed by atoms with E-state index in [1.165, 1.54) is 7.11 Å². The van der Waals surface area contributed by atoms with Crippen LogP contribution in [0, 0.1) is 0 Å². The summed E-state index contributed by atoms with van der Waals surface area (Å²) >= 11 is 0. The number of nitrogens with one attached hydrogen (secondary N) is 1. The smallest absolute Gasteiger partial charge is 0.328 e. The van der Waals surface area contributed by atoms with E-state index in [2.05, 4.69) is 12.2 Å². The molecule has 1 aromatic rings. The summed E-state index contributed by atoms with van der Waals surface area (Å²) in [5.74, 6) is -0.459. The molecular weight excluding hydrogens is 278 g/mol. The van der Waals surface area contributed by atoms with Gasteiger partial charge in [-0.3, -0.25) is 4.79 Å². The van der Waals surface area contributed by atoms with Crippen molar-refractivity contribution < 1.29 is 14.3 Å². The molecule has 0 saturated heterocycles. The number of carbonyl (C=O) groups excluding carboxylic acids is 2. The highest BCUT2D eigenvalue weighted by Crippen LogP contribution is 2.08. The van der Waals surface area contributed by atoms with Crippen molar-refractivity contribution in [1.29, 1.82) is 0 Å². The van der Waals surface area contributed by atoms with Gasteiger partial charge in [0.05, 0.1) is 7.11 Å². The monoisotopic (exact) mass is 305 g/mol. The van der Waals surface area contributed by atoms with Crippen molar-refractivity contribution in [3.05, 3.63) is 35.9 Å². The van der Waals surface area contributed by atoms with E-state index in [0.717, 1.165) is 31.2 Å². The maximum Gasteiger partial charge on any atom is 0.328 e. The first kappa shape index (κ1) is 18.2. The number of hydrogen-bond donors (Lipinski definition) is 1. The Morgan fingerprint density at radius 2 is 1.86 bits per heavy atom. The lowest BCUT2D eigenvalue weighted by Gasteiger charge is -2.16. The molecule has 22 heavy (non-hydrogen) atoms. The van der Waals surface area contributed by atoms with Crippen LogP contribution in [0.5, 0.6) is 0 Å². The van der Waals surface area contributed by atoms with E-state index in [-0.39, 0.29) is 11.9 Å². The van der Waals surface area contributed by atoms with Gasteiger partial charge in [-0.2, -0.15) is 0 Å². The summed E-state index contributed by atoms with van der Waals surface area (Å²) in [5.41, 5.74) is 1.12. The van der Waals surface area contributed by atoms with Crippen LogP contribution in [0.15, 0.2) is 30.3 Å². The number of benzene rings is 1. The van der Waals surface area contributed by atoms with Crippen molar-refractivity contribution in [2.45, 2.75) is 57.9 Å². The molecule has 122 valence electrons. The van der Waals surface area contributed by atoms with Crippen LogP contribution in [0.4, 0.5) is 0 Å². The van der Waals surface area contributed by atoms with Crippen LogP contribution < -0.4 is 5.32 Å². The number of esters is 1. The molecule has 0 heterocycles. The molecule has 0 aromatic heterocycles. The highest BCUT2D eigenvalue weighted by Gasteiger charge is 2.20. The maximum atomic E-state index is 12.0. The van der Waals surface area contributed by atoms with Gasteiger partial charge in [-0.25, -0.2) is 4.79 Å². The Bertz CT molecular complexity index is 445. The van der Waals surface area contributed by atoms with Crippen molar-refractivity contribution in [1.82, 2.24) is 5.32 Å². The number of carbonyl (C=O) groups is 2. The van der Waals surface area contributed by atoms with E-state index in [4.69, 9.17) is 4.74 Å². The predicted molar refractivity (Wildman–Crippen MR) is 87.5 cm³/mol. The summed E-state index contributed by atoms with van der Waals surface area (Å²) in [6.07, 6.45) is 5.99. The average molecular weight is 305 g/mol. The second-order valence-corrected chi connectivity index (χ2v) is 5.48. The molecule has 1 rings (SSSR count). The normalized spacial score (nSPS) is 11.7. The predicted octanol–water partition coefficient (Wildman–Crippen LogP) is 3.25. The first-order valence-electron chi connectivity index (χ1n) is 8.08. The van der Waals surface area contributed by atoms with Crippen molar-refractivity contribution in [2.75, 3.05) is 7.11 Å². The molecule has 0 aliphatic rings. The Morgan fingerprint density at radius 1 is 1.14 bits per heavy atom. The number of unbranched alkanes of at least 4 members (excludes halogenated alkanes) is 3. The number of ether oxygens (including phenoxy) is 1. The van der Waals surface area contributed by atoms with Crippen LogP contribution >= 0.6 is 0 Å². The highest BCUT2D eigenvalue weighted by atomic mass is 16.5. The lowest BCUT2D eigenvalue weighted by molar-refractivity contribution is -0.145. The van der Waals surface area contributed by atoms with Gasteiger partial charge in [0.15, 0.2) is 0 Å². The summed E-state index contributed by atoms with van der Waals surface area (Å²) in [5, 5.41) is 2.80.